The summed E-state index contributed by atoms with van der Waals surface area (Å²) in [5.74, 6) is -0.262. The van der Waals surface area contributed by atoms with E-state index in [2.05, 4.69) is 12.2 Å². The maximum Gasteiger partial charge on any atom is 0.223 e. The number of nitrogens with two attached hydrogens (primary N) is 1. The topological polar surface area (TPSA) is 64.3 Å². The molecule has 0 aliphatic heterocycles. The van der Waals surface area contributed by atoms with E-state index in [4.69, 9.17) is 10.5 Å². The van der Waals surface area contributed by atoms with Crippen molar-refractivity contribution in [1.82, 2.24) is 5.32 Å². The average molecular weight is 387 g/mol. The van der Waals surface area contributed by atoms with E-state index in [0.29, 0.717) is 12.8 Å². The molecule has 3 atom stereocenters. The summed E-state index contributed by atoms with van der Waals surface area (Å²) >= 11 is 0. The number of halogens is 2. The van der Waals surface area contributed by atoms with Crippen LogP contribution < -0.4 is 11.1 Å². The molecule has 1 aromatic carbocycles. The van der Waals surface area contributed by atoms with E-state index in [1.54, 1.807) is 12.1 Å². The SMILES string of the molecule is CCCO[C@@H]1CC[C@H](C(=O)NC(C)(C)Cc2ccc(F)cc2)C[C@H]1N.Cl. The molecular formula is C20H32ClFN2O2. The molecule has 0 radical (unpaired) electrons. The van der Waals surface area contributed by atoms with Crippen LogP contribution in [0.2, 0.25) is 0 Å². The van der Waals surface area contributed by atoms with Crippen molar-refractivity contribution in [1.29, 1.82) is 0 Å². The van der Waals surface area contributed by atoms with E-state index in [1.165, 1.54) is 12.1 Å². The quantitative estimate of drug-likeness (QED) is 0.752. The van der Waals surface area contributed by atoms with Gasteiger partial charge >= 0.3 is 0 Å². The summed E-state index contributed by atoms with van der Waals surface area (Å²) in [4.78, 5) is 12.7. The number of amides is 1. The molecule has 4 nitrogen and oxygen atoms in total. The number of carbonyl (C=O) groups excluding carboxylic acids is 1. The van der Waals surface area contributed by atoms with Crippen molar-refractivity contribution in [3.8, 4) is 0 Å². The fraction of sp³-hybridized carbons (Fsp3) is 0.650. The highest BCUT2D eigenvalue weighted by molar-refractivity contribution is 5.85. The van der Waals surface area contributed by atoms with Gasteiger partial charge in [0.05, 0.1) is 6.10 Å². The minimum Gasteiger partial charge on any atom is -0.377 e. The van der Waals surface area contributed by atoms with E-state index in [1.807, 2.05) is 13.8 Å². The lowest BCUT2D eigenvalue weighted by molar-refractivity contribution is -0.129. The molecule has 0 aromatic heterocycles. The summed E-state index contributed by atoms with van der Waals surface area (Å²) in [5, 5.41) is 3.14. The lowest BCUT2D eigenvalue weighted by Crippen LogP contribution is -2.51. The maximum atomic E-state index is 13.0. The van der Waals surface area contributed by atoms with Crippen molar-refractivity contribution in [2.45, 2.75) is 70.6 Å². The fourth-order valence-corrected chi connectivity index (χ4v) is 3.48. The molecule has 1 aliphatic carbocycles. The summed E-state index contributed by atoms with van der Waals surface area (Å²) in [7, 11) is 0. The van der Waals surface area contributed by atoms with E-state index in [9.17, 15) is 9.18 Å². The minimum atomic E-state index is -0.394. The molecule has 0 saturated heterocycles. The zero-order valence-electron chi connectivity index (χ0n) is 16.0. The molecule has 0 spiro atoms. The molecular weight excluding hydrogens is 355 g/mol. The number of carbonyl (C=O) groups is 1. The number of ether oxygens (including phenoxy) is 1. The van der Waals surface area contributed by atoms with Gasteiger partial charge in [-0.25, -0.2) is 4.39 Å². The summed E-state index contributed by atoms with van der Waals surface area (Å²) in [6, 6.07) is 6.33. The van der Waals surface area contributed by atoms with Crippen LogP contribution in [0, 0.1) is 11.7 Å². The molecule has 1 aromatic rings. The van der Waals surface area contributed by atoms with Gasteiger partial charge in [-0.05, 0) is 63.6 Å². The Labute approximate surface area is 162 Å². The average Bonchev–Trinajstić information content (AvgIpc) is 2.55. The fourth-order valence-electron chi connectivity index (χ4n) is 3.48. The van der Waals surface area contributed by atoms with Gasteiger partial charge in [0.1, 0.15) is 5.82 Å². The molecule has 1 amide bonds. The summed E-state index contributed by atoms with van der Waals surface area (Å²) in [5.41, 5.74) is 6.81. The van der Waals surface area contributed by atoms with Gasteiger partial charge in [0.2, 0.25) is 5.91 Å². The predicted molar refractivity (Wildman–Crippen MR) is 105 cm³/mol. The highest BCUT2D eigenvalue weighted by atomic mass is 35.5. The van der Waals surface area contributed by atoms with Gasteiger partial charge < -0.3 is 15.8 Å². The van der Waals surface area contributed by atoms with E-state index < -0.39 is 5.54 Å². The molecule has 0 bridgehead atoms. The van der Waals surface area contributed by atoms with Crippen molar-refractivity contribution in [3.63, 3.8) is 0 Å². The highest BCUT2D eigenvalue weighted by Gasteiger charge is 2.34. The van der Waals surface area contributed by atoms with Gasteiger partial charge in [0.25, 0.3) is 0 Å². The molecule has 6 heteroatoms. The normalized spacial score (nSPS) is 23.2. The third-order valence-corrected chi connectivity index (χ3v) is 4.76. The molecule has 0 unspecified atom stereocenters. The van der Waals surface area contributed by atoms with Crippen LogP contribution in [-0.4, -0.2) is 30.2 Å². The van der Waals surface area contributed by atoms with E-state index >= 15 is 0 Å². The van der Waals surface area contributed by atoms with Crippen molar-refractivity contribution in [2.24, 2.45) is 11.7 Å². The second-order valence-electron chi connectivity index (χ2n) is 7.76. The Morgan fingerprint density at radius 1 is 1.31 bits per heavy atom. The van der Waals surface area contributed by atoms with Crippen LogP contribution in [0.5, 0.6) is 0 Å². The highest BCUT2D eigenvalue weighted by Crippen LogP contribution is 2.27. The smallest absolute Gasteiger partial charge is 0.223 e. The monoisotopic (exact) mass is 386 g/mol. The number of benzene rings is 1. The van der Waals surface area contributed by atoms with Gasteiger partial charge in [-0.3, -0.25) is 4.79 Å². The number of rotatable bonds is 7. The van der Waals surface area contributed by atoms with Crippen LogP contribution in [0.1, 0.15) is 52.0 Å². The summed E-state index contributed by atoms with van der Waals surface area (Å²) in [6.45, 7) is 6.78. The van der Waals surface area contributed by atoms with Crippen LogP contribution in [0.15, 0.2) is 24.3 Å². The van der Waals surface area contributed by atoms with Crippen molar-refractivity contribution in [3.05, 3.63) is 35.6 Å². The number of hydrogen-bond donors (Lipinski definition) is 2. The number of nitrogens with one attached hydrogen (secondary N) is 1. The Balaban J connectivity index is 0.00000338. The van der Waals surface area contributed by atoms with Crippen LogP contribution in [-0.2, 0) is 16.0 Å². The third kappa shape index (κ3) is 6.86. The first-order chi connectivity index (χ1) is 11.8. The molecule has 1 aliphatic rings. The second-order valence-corrected chi connectivity index (χ2v) is 7.76. The Bertz CT molecular complexity index is 565. The lowest BCUT2D eigenvalue weighted by atomic mass is 9.82. The van der Waals surface area contributed by atoms with E-state index in [-0.39, 0.29) is 42.2 Å². The van der Waals surface area contributed by atoms with Crippen molar-refractivity contribution < 1.29 is 13.9 Å². The van der Waals surface area contributed by atoms with Crippen molar-refractivity contribution in [2.75, 3.05) is 6.61 Å². The first-order valence-electron chi connectivity index (χ1n) is 9.24. The maximum absolute atomic E-state index is 13.0. The zero-order valence-corrected chi connectivity index (χ0v) is 16.8. The molecule has 1 fully saturated rings. The Kier molecular flexibility index (Phi) is 9.01. The molecule has 1 saturated carbocycles. The molecule has 0 heterocycles. The van der Waals surface area contributed by atoms with Gasteiger partial charge in [0, 0.05) is 24.1 Å². The first kappa shape index (κ1) is 22.9. The second kappa shape index (κ2) is 10.2. The number of hydrogen-bond acceptors (Lipinski definition) is 3. The summed E-state index contributed by atoms with van der Waals surface area (Å²) in [6.07, 6.45) is 3.99. The largest absolute Gasteiger partial charge is 0.377 e. The lowest BCUT2D eigenvalue weighted by Gasteiger charge is -2.35. The Morgan fingerprint density at radius 3 is 2.54 bits per heavy atom. The van der Waals surface area contributed by atoms with Gasteiger partial charge in [0.15, 0.2) is 0 Å². The standard InChI is InChI=1S/C20H31FN2O2.ClH/c1-4-11-25-18-10-7-15(12-17(18)22)19(24)23-20(2,3)13-14-5-8-16(21)9-6-14;/h5-6,8-9,15,17-18H,4,7,10-13,22H2,1-3H3,(H,23,24);1H/t15-,17+,18+;/m0./s1. The molecule has 2 rings (SSSR count). The molecule has 3 N–H and O–H groups in total. The van der Waals surface area contributed by atoms with Crippen LogP contribution >= 0.6 is 12.4 Å². The van der Waals surface area contributed by atoms with E-state index in [0.717, 1.165) is 31.4 Å². The molecule has 148 valence electrons. The third-order valence-electron chi connectivity index (χ3n) is 4.76. The predicted octanol–water partition coefficient (Wildman–Crippen LogP) is 3.61. The van der Waals surface area contributed by atoms with Crippen LogP contribution in [0.4, 0.5) is 4.39 Å². The van der Waals surface area contributed by atoms with Gasteiger partial charge in [-0.15, -0.1) is 12.4 Å². The zero-order chi connectivity index (χ0) is 18.4. The summed E-state index contributed by atoms with van der Waals surface area (Å²) < 4.78 is 18.8. The van der Waals surface area contributed by atoms with Crippen LogP contribution in [0.25, 0.3) is 0 Å². The first-order valence-corrected chi connectivity index (χ1v) is 9.24. The van der Waals surface area contributed by atoms with Crippen molar-refractivity contribution >= 4 is 18.3 Å². The minimum absolute atomic E-state index is 0. The Morgan fingerprint density at radius 2 is 1.96 bits per heavy atom. The Hall–Kier alpha value is -1.17. The van der Waals surface area contributed by atoms with Crippen LogP contribution in [0.3, 0.4) is 0 Å². The molecule has 26 heavy (non-hydrogen) atoms. The van der Waals surface area contributed by atoms with Gasteiger partial charge in [-0.2, -0.15) is 0 Å². The van der Waals surface area contributed by atoms with Gasteiger partial charge in [-0.1, -0.05) is 19.1 Å².